The molecule has 9 nitrogen and oxygen atoms in total. The number of amides is 1. The van der Waals surface area contributed by atoms with Gasteiger partial charge in [0.2, 0.25) is 5.60 Å². The van der Waals surface area contributed by atoms with Crippen molar-refractivity contribution >= 4 is 17.6 Å². The number of nitrogens with zero attached hydrogens (tertiary/aromatic N) is 1. The van der Waals surface area contributed by atoms with E-state index in [9.17, 15) is 14.7 Å². The van der Waals surface area contributed by atoms with Crippen LogP contribution in [0.2, 0.25) is 0 Å². The number of nitrogens with one attached hydrogen (secondary N) is 1. The van der Waals surface area contributed by atoms with E-state index in [-0.39, 0.29) is 18.3 Å². The highest BCUT2D eigenvalue weighted by atomic mass is 16.7. The number of rotatable bonds is 12. The molecule has 0 aromatic heterocycles. The molecular weight excluding hydrogens is 560 g/mol. The van der Waals surface area contributed by atoms with E-state index in [1.807, 2.05) is 6.07 Å². The summed E-state index contributed by atoms with van der Waals surface area (Å²) in [5.41, 5.74) is -0.399. The molecule has 4 fully saturated rings. The van der Waals surface area contributed by atoms with E-state index < -0.39 is 11.6 Å². The van der Waals surface area contributed by atoms with Crippen molar-refractivity contribution in [2.45, 2.75) is 50.1 Å². The molecule has 3 aromatic carbocycles. The third-order valence-corrected chi connectivity index (χ3v) is 8.79. The van der Waals surface area contributed by atoms with Gasteiger partial charge < -0.3 is 29.4 Å². The fourth-order valence-electron chi connectivity index (χ4n) is 6.25. The van der Waals surface area contributed by atoms with E-state index in [2.05, 4.69) is 10.2 Å². The first-order valence-corrected chi connectivity index (χ1v) is 15.6. The highest BCUT2D eigenvalue weighted by molar-refractivity contribution is 6.04. The molecule has 2 N–H and O–H groups in total. The Hall–Kier alpha value is -3.76. The Bertz CT molecular complexity index is 1400. The van der Waals surface area contributed by atoms with Crippen LogP contribution in [0.15, 0.2) is 78.9 Å². The Kier molecular flexibility index (Phi) is 9.57. The zero-order valence-electron chi connectivity index (χ0n) is 24.9. The summed E-state index contributed by atoms with van der Waals surface area (Å²) in [6.07, 6.45) is 4.31. The van der Waals surface area contributed by atoms with Crippen molar-refractivity contribution in [1.82, 2.24) is 4.90 Å². The molecule has 2 unspecified atom stereocenters. The van der Waals surface area contributed by atoms with Crippen molar-refractivity contribution < 1.29 is 33.6 Å². The molecule has 9 heteroatoms. The Morgan fingerprint density at radius 2 is 1.64 bits per heavy atom. The van der Waals surface area contributed by atoms with Gasteiger partial charge in [0.25, 0.3) is 5.91 Å². The molecule has 4 heterocycles. The molecule has 4 aliphatic heterocycles. The lowest BCUT2D eigenvalue weighted by Gasteiger charge is -2.44. The van der Waals surface area contributed by atoms with Crippen molar-refractivity contribution in [3.8, 4) is 5.75 Å². The minimum atomic E-state index is -2.04. The zero-order valence-corrected chi connectivity index (χ0v) is 24.9. The summed E-state index contributed by atoms with van der Waals surface area (Å²) in [4.78, 5) is 29.2. The van der Waals surface area contributed by atoms with Crippen molar-refractivity contribution in [3.05, 3.63) is 95.6 Å². The van der Waals surface area contributed by atoms with Crippen LogP contribution in [0, 0.1) is 5.92 Å². The van der Waals surface area contributed by atoms with Gasteiger partial charge in [-0.15, -0.1) is 0 Å². The molecule has 2 bridgehead atoms. The minimum Gasteiger partial charge on any atom is -0.494 e. The predicted octanol–water partition coefficient (Wildman–Crippen LogP) is 4.73. The second kappa shape index (κ2) is 13.9. The number of ether oxygens (including phenoxy) is 4. The van der Waals surface area contributed by atoms with Gasteiger partial charge in [0, 0.05) is 23.4 Å². The molecule has 44 heavy (non-hydrogen) atoms. The molecule has 0 saturated carbocycles. The van der Waals surface area contributed by atoms with Crippen LogP contribution in [0.25, 0.3) is 0 Å². The molecule has 7 rings (SSSR count). The summed E-state index contributed by atoms with van der Waals surface area (Å²) >= 11 is 0. The summed E-state index contributed by atoms with van der Waals surface area (Å²) in [5.74, 6) is -0.0328. The number of anilines is 1. The highest BCUT2D eigenvalue weighted by Crippen LogP contribution is 2.36. The van der Waals surface area contributed by atoms with Crippen LogP contribution in [-0.4, -0.2) is 73.7 Å². The standard InChI is InChI=1S/C35H40N2O7/c38-33(26-12-14-30(15-13-26)41-20-5-4-11-32-42-21-22-43-32)36-29-10-6-9-28(23-29)35(40,27-7-2-1-3-8-27)34(39)44-31-24-37-18-16-25(31)17-19-37/h1-3,6-10,12-15,23,25,31-32,40H,4-5,11,16-22,24H2,(H,36,38). The van der Waals surface area contributed by atoms with Crippen LogP contribution in [0.5, 0.6) is 5.75 Å². The van der Waals surface area contributed by atoms with Gasteiger partial charge in [-0.1, -0.05) is 42.5 Å². The highest BCUT2D eigenvalue weighted by Gasteiger charge is 2.45. The van der Waals surface area contributed by atoms with Crippen LogP contribution < -0.4 is 10.1 Å². The van der Waals surface area contributed by atoms with Crippen LogP contribution in [-0.2, 0) is 24.6 Å². The van der Waals surface area contributed by atoms with E-state index in [1.165, 1.54) is 0 Å². The van der Waals surface area contributed by atoms with Gasteiger partial charge in [-0.25, -0.2) is 4.79 Å². The maximum atomic E-state index is 13.8. The average Bonchev–Trinajstić information content (AvgIpc) is 3.59. The van der Waals surface area contributed by atoms with Crippen molar-refractivity contribution in [1.29, 1.82) is 0 Å². The number of carbonyl (C=O) groups excluding carboxylic acids is 2. The Morgan fingerprint density at radius 3 is 2.34 bits per heavy atom. The predicted molar refractivity (Wildman–Crippen MR) is 164 cm³/mol. The molecule has 4 aliphatic rings. The topological polar surface area (TPSA) is 107 Å². The number of hydrogen-bond acceptors (Lipinski definition) is 8. The SMILES string of the molecule is O=C(Nc1cccc(C(O)(C(=O)OC2CN3CCC2CC3)c2ccccc2)c1)c1ccc(OCCCCC2OCCO2)cc1. The van der Waals surface area contributed by atoms with Crippen LogP contribution in [0.3, 0.4) is 0 Å². The average molecular weight is 601 g/mol. The third kappa shape index (κ3) is 6.97. The lowest BCUT2D eigenvalue weighted by molar-refractivity contribution is -0.177. The lowest BCUT2D eigenvalue weighted by atomic mass is 9.84. The monoisotopic (exact) mass is 600 g/mol. The number of aliphatic hydroxyl groups is 1. The van der Waals surface area contributed by atoms with Gasteiger partial charge in [-0.2, -0.15) is 0 Å². The third-order valence-electron chi connectivity index (χ3n) is 8.79. The molecule has 2 atom stereocenters. The molecule has 232 valence electrons. The van der Waals surface area contributed by atoms with Gasteiger partial charge in [-0.05, 0) is 93.1 Å². The van der Waals surface area contributed by atoms with Gasteiger partial charge in [-0.3, -0.25) is 9.69 Å². The Balaban J connectivity index is 1.10. The van der Waals surface area contributed by atoms with Crippen LogP contribution >= 0.6 is 0 Å². The first-order valence-electron chi connectivity index (χ1n) is 15.6. The molecular formula is C35H40N2O7. The van der Waals surface area contributed by atoms with E-state index in [4.69, 9.17) is 18.9 Å². The lowest BCUT2D eigenvalue weighted by Crippen LogP contribution is -2.53. The number of hydrogen-bond donors (Lipinski definition) is 2. The second-order valence-electron chi connectivity index (χ2n) is 11.7. The molecule has 0 aliphatic carbocycles. The maximum Gasteiger partial charge on any atom is 0.348 e. The number of unbranched alkanes of at least 4 members (excludes halogenated alkanes) is 1. The summed E-state index contributed by atoms with van der Waals surface area (Å²) < 4.78 is 22.8. The Morgan fingerprint density at radius 1 is 0.909 bits per heavy atom. The van der Waals surface area contributed by atoms with Gasteiger partial charge >= 0.3 is 5.97 Å². The first-order chi connectivity index (χ1) is 21.5. The van der Waals surface area contributed by atoms with Gasteiger partial charge in [0.1, 0.15) is 11.9 Å². The van der Waals surface area contributed by atoms with E-state index in [1.54, 1.807) is 72.8 Å². The summed E-state index contributed by atoms with van der Waals surface area (Å²) in [5, 5.41) is 15.0. The fourth-order valence-corrected chi connectivity index (χ4v) is 6.25. The second-order valence-corrected chi connectivity index (χ2v) is 11.7. The van der Waals surface area contributed by atoms with Crippen molar-refractivity contribution in [2.24, 2.45) is 5.92 Å². The molecule has 4 saturated heterocycles. The Labute approximate surface area is 258 Å². The van der Waals surface area contributed by atoms with Gasteiger partial charge in [0.05, 0.1) is 19.8 Å². The quantitative estimate of drug-likeness (QED) is 0.227. The van der Waals surface area contributed by atoms with Crippen LogP contribution in [0.4, 0.5) is 5.69 Å². The number of benzene rings is 3. The fraction of sp³-hybridized carbons (Fsp3) is 0.429. The molecule has 3 aromatic rings. The number of piperidine rings is 3. The summed E-state index contributed by atoms with van der Waals surface area (Å²) in [7, 11) is 0. The number of fused-ring (bicyclic) bond motifs is 3. The van der Waals surface area contributed by atoms with Gasteiger partial charge in [0.15, 0.2) is 6.29 Å². The molecule has 0 spiro atoms. The summed E-state index contributed by atoms with van der Waals surface area (Å²) in [6, 6.07) is 22.5. The first kappa shape index (κ1) is 30.3. The zero-order chi connectivity index (χ0) is 30.4. The van der Waals surface area contributed by atoms with Crippen molar-refractivity contribution in [3.63, 3.8) is 0 Å². The molecule has 1 amide bonds. The maximum absolute atomic E-state index is 13.8. The van der Waals surface area contributed by atoms with E-state index >= 15 is 0 Å². The minimum absolute atomic E-state index is 0.0931. The number of carbonyl (C=O) groups is 2. The molecule has 0 radical (unpaired) electrons. The van der Waals surface area contributed by atoms with Crippen LogP contribution in [0.1, 0.15) is 53.6 Å². The number of esters is 1. The normalized spacial score (nSPS) is 22.7. The van der Waals surface area contributed by atoms with E-state index in [0.29, 0.717) is 60.4 Å². The smallest absolute Gasteiger partial charge is 0.348 e. The summed E-state index contributed by atoms with van der Waals surface area (Å²) in [6.45, 7) is 4.62. The largest absolute Gasteiger partial charge is 0.494 e. The van der Waals surface area contributed by atoms with E-state index in [0.717, 1.165) is 45.2 Å². The van der Waals surface area contributed by atoms with Crippen molar-refractivity contribution in [2.75, 3.05) is 44.8 Å².